The highest BCUT2D eigenvalue weighted by Gasteiger charge is 2.41. The van der Waals surface area contributed by atoms with Crippen LogP contribution in [0.5, 0.6) is 0 Å². The minimum Gasteiger partial charge on any atom is -0.228 e. The van der Waals surface area contributed by atoms with E-state index in [1.165, 1.54) is 64.7 Å². The molecule has 10 aromatic rings. The van der Waals surface area contributed by atoms with Gasteiger partial charge in [-0.05, 0) is 81.3 Å². The summed E-state index contributed by atoms with van der Waals surface area (Å²) in [6, 6.07) is 72.2. The second kappa shape index (κ2) is 13.4. The Bertz CT molecular complexity index is 3090. The fourth-order valence-electron chi connectivity index (χ4n) is 9.03. The summed E-state index contributed by atoms with van der Waals surface area (Å²) >= 11 is 1.85. The molecule has 0 aliphatic heterocycles. The molecule has 1 aliphatic rings. The quantitative estimate of drug-likeness (QED) is 0.169. The van der Waals surface area contributed by atoms with Crippen molar-refractivity contribution in [1.29, 1.82) is 0 Å². The first-order chi connectivity index (χ1) is 28.1. The molecule has 1 aliphatic carbocycles. The van der Waals surface area contributed by atoms with Crippen molar-refractivity contribution in [1.82, 2.24) is 9.97 Å². The molecule has 0 spiro atoms. The van der Waals surface area contributed by atoms with Gasteiger partial charge >= 0.3 is 0 Å². The molecule has 0 bridgehead atoms. The van der Waals surface area contributed by atoms with Gasteiger partial charge in [0.05, 0.1) is 11.4 Å². The van der Waals surface area contributed by atoms with E-state index in [-0.39, 0.29) is 5.41 Å². The Kier molecular flexibility index (Phi) is 7.84. The molecule has 8 aromatic carbocycles. The largest absolute Gasteiger partial charge is 0.228 e. The van der Waals surface area contributed by atoms with Crippen LogP contribution < -0.4 is 0 Å². The lowest BCUT2D eigenvalue weighted by Gasteiger charge is -2.31. The second-order valence-corrected chi connectivity index (χ2v) is 16.1. The van der Waals surface area contributed by atoms with E-state index in [1.54, 1.807) is 0 Å². The Labute approximate surface area is 336 Å². The number of hydrogen-bond acceptors (Lipinski definition) is 3. The zero-order chi connectivity index (χ0) is 37.9. The molecule has 0 radical (unpaired) electrons. The molecule has 0 saturated heterocycles. The zero-order valence-electron chi connectivity index (χ0n) is 31.4. The standard InChI is InChI=1S/C54H36N2S/c1-54(47-24-12-8-19-41(47)42-20-9-13-25-48(42)54)46-23-11-7-18-40(46)39-17-5-6-21-43(39)50-34-49(55-53(56-50)37-15-3-2-4-16-37)36-29-27-35(28-30-36)38-31-32-52-45(33-38)44-22-10-14-26-51(44)57-52/h2-34H,1H3. The second-order valence-electron chi connectivity index (χ2n) is 15.0. The summed E-state index contributed by atoms with van der Waals surface area (Å²) in [7, 11) is 0. The smallest absolute Gasteiger partial charge is 0.160 e. The monoisotopic (exact) mass is 744 g/mol. The van der Waals surface area contributed by atoms with Crippen molar-refractivity contribution in [2.75, 3.05) is 0 Å². The Morgan fingerprint density at radius 1 is 0.351 bits per heavy atom. The third-order valence-electron chi connectivity index (χ3n) is 11.8. The average molecular weight is 745 g/mol. The summed E-state index contributed by atoms with van der Waals surface area (Å²) in [5.41, 5.74) is 15.8. The summed E-state index contributed by atoms with van der Waals surface area (Å²) in [5, 5.41) is 2.62. The summed E-state index contributed by atoms with van der Waals surface area (Å²) in [6.45, 7) is 2.39. The van der Waals surface area contributed by atoms with Crippen LogP contribution in [0.2, 0.25) is 0 Å². The van der Waals surface area contributed by atoms with Gasteiger partial charge in [0.25, 0.3) is 0 Å². The third kappa shape index (κ3) is 5.46. The van der Waals surface area contributed by atoms with E-state index in [9.17, 15) is 0 Å². The summed E-state index contributed by atoms with van der Waals surface area (Å²) in [4.78, 5) is 10.5. The van der Waals surface area contributed by atoms with Crippen LogP contribution in [-0.4, -0.2) is 9.97 Å². The highest BCUT2D eigenvalue weighted by molar-refractivity contribution is 7.25. The first-order valence-corrected chi connectivity index (χ1v) is 20.3. The van der Waals surface area contributed by atoms with E-state index in [0.29, 0.717) is 5.82 Å². The van der Waals surface area contributed by atoms with Gasteiger partial charge in [0.15, 0.2) is 5.82 Å². The van der Waals surface area contributed by atoms with Crippen LogP contribution in [0.3, 0.4) is 0 Å². The minimum absolute atomic E-state index is 0.342. The maximum atomic E-state index is 5.31. The van der Waals surface area contributed by atoms with Gasteiger partial charge in [-0.25, -0.2) is 9.97 Å². The van der Waals surface area contributed by atoms with Crippen molar-refractivity contribution < 1.29 is 0 Å². The lowest BCUT2D eigenvalue weighted by Crippen LogP contribution is -2.23. The van der Waals surface area contributed by atoms with E-state index < -0.39 is 0 Å². The van der Waals surface area contributed by atoms with Crippen molar-refractivity contribution >= 4 is 31.5 Å². The first-order valence-electron chi connectivity index (χ1n) is 19.5. The minimum atomic E-state index is -0.342. The Morgan fingerprint density at radius 3 is 1.53 bits per heavy atom. The van der Waals surface area contributed by atoms with Crippen molar-refractivity contribution in [2.24, 2.45) is 0 Å². The van der Waals surface area contributed by atoms with E-state index in [2.05, 4.69) is 201 Å². The van der Waals surface area contributed by atoms with Crippen LogP contribution in [0, 0.1) is 0 Å². The van der Waals surface area contributed by atoms with Crippen LogP contribution in [0.4, 0.5) is 0 Å². The summed E-state index contributed by atoms with van der Waals surface area (Å²) in [6.07, 6.45) is 0. The van der Waals surface area contributed by atoms with Gasteiger partial charge in [0.2, 0.25) is 0 Å². The van der Waals surface area contributed by atoms with Gasteiger partial charge in [0, 0.05) is 42.3 Å². The van der Waals surface area contributed by atoms with E-state index >= 15 is 0 Å². The molecule has 0 fully saturated rings. The maximum absolute atomic E-state index is 5.31. The molecule has 2 nitrogen and oxygen atoms in total. The zero-order valence-corrected chi connectivity index (χ0v) is 32.2. The number of benzene rings is 8. The third-order valence-corrected chi connectivity index (χ3v) is 13.0. The number of rotatable bonds is 6. The SMILES string of the molecule is CC1(c2ccccc2-c2ccccc2-c2cc(-c3ccc(-c4ccc5sc6ccccc6c5c4)cc3)nc(-c3ccccc3)n2)c2ccccc2-c2ccccc21. The average Bonchev–Trinajstić information content (AvgIpc) is 3.79. The number of nitrogens with zero attached hydrogens (tertiary/aromatic N) is 2. The van der Waals surface area contributed by atoms with Crippen molar-refractivity contribution in [3.8, 4) is 67.3 Å². The predicted molar refractivity (Wildman–Crippen MR) is 240 cm³/mol. The molecule has 0 amide bonds. The van der Waals surface area contributed by atoms with Crippen molar-refractivity contribution in [2.45, 2.75) is 12.3 Å². The maximum Gasteiger partial charge on any atom is 0.160 e. The van der Waals surface area contributed by atoms with Crippen LogP contribution >= 0.6 is 11.3 Å². The van der Waals surface area contributed by atoms with Crippen molar-refractivity contribution in [3.05, 3.63) is 217 Å². The van der Waals surface area contributed by atoms with Gasteiger partial charge in [-0.15, -0.1) is 11.3 Å². The van der Waals surface area contributed by atoms with Crippen molar-refractivity contribution in [3.63, 3.8) is 0 Å². The molecule has 0 unspecified atom stereocenters. The van der Waals surface area contributed by atoms with Gasteiger partial charge in [-0.3, -0.25) is 0 Å². The molecule has 57 heavy (non-hydrogen) atoms. The molecule has 2 aromatic heterocycles. The number of fused-ring (bicyclic) bond motifs is 6. The summed E-state index contributed by atoms with van der Waals surface area (Å²) < 4.78 is 2.63. The van der Waals surface area contributed by atoms with Crippen LogP contribution in [0.25, 0.3) is 87.5 Å². The fraction of sp³-hybridized carbons (Fsp3) is 0.0370. The number of hydrogen-bond donors (Lipinski definition) is 0. The van der Waals surface area contributed by atoms with E-state index in [0.717, 1.165) is 33.6 Å². The fourth-order valence-corrected chi connectivity index (χ4v) is 10.1. The topological polar surface area (TPSA) is 25.8 Å². The van der Waals surface area contributed by atoms with E-state index in [1.807, 2.05) is 17.4 Å². The molecule has 0 N–H and O–H groups in total. The Balaban J connectivity index is 1.04. The highest BCUT2D eigenvalue weighted by Crippen LogP contribution is 2.54. The highest BCUT2D eigenvalue weighted by atomic mass is 32.1. The molecular formula is C54H36N2S. The predicted octanol–water partition coefficient (Wildman–Crippen LogP) is 14.5. The Morgan fingerprint density at radius 2 is 0.842 bits per heavy atom. The van der Waals surface area contributed by atoms with Crippen LogP contribution in [-0.2, 0) is 5.41 Å². The molecule has 11 rings (SSSR count). The van der Waals surface area contributed by atoms with Gasteiger partial charge < -0.3 is 0 Å². The molecular weight excluding hydrogens is 709 g/mol. The number of thiophene rings is 1. The Hall–Kier alpha value is -6.94. The lowest BCUT2D eigenvalue weighted by atomic mass is 9.71. The molecule has 268 valence electrons. The first kappa shape index (κ1) is 33.4. The van der Waals surface area contributed by atoms with Crippen LogP contribution in [0.15, 0.2) is 200 Å². The molecule has 0 saturated carbocycles. The number of aromatic nitrogens is 2. The van der Waals surface area contributed by atoms with Crippen LogP contribution in [0.1, 0.15) is 23.6 Å². The van der Waals surface area contributed by atoms with Gasteiger partial charge in [0.1, 0.15) is 0 Å². The molecule has 2 heterocycles. The van der Waals surface area contributed by atoms with E-state index in [4.69, 9.17) is 9.97 Å². The summed E-state index contributed by atoms with van der Waals surface area (Å²) in [5.74, 6) is 0.704. The van der Waals surface area contributed by atoms with Gasteiger partial charge in [-0.2, -0.15) is 0 Å². The normalized spacial score (nSPS) is 12.8. The van der Waals surface area contributed by atoms with Gasteiger partial charge in [-0.1, -0.05) is 176 Å². The lowest BCUT2D eigenvalue weighted by molar-refractivity contribution is 0.716. The molecule has 3 heteroatoms. The molecule has 0 atom stereocenters.